The summed E-state index contributed by atoms with van der Waals surface area (Å²) in [6, 6.07) is 18.8. The van der Waals surface area contributed by atoms with Gasteiger partial charge in [0.2, 0.25) is 0 Å². The van der Waals surface area contributed by atoms with Crippen molar-refractivity contribution in [3.8, 4) is 0 Å². The monoisotopic (exact) mass is 475 g/mol. The molecule has 2 aromatic carbocycles. The molecule has 0 fully saturated rings. The van der Waals surface area contributed by atoms with Crippen molar-refractivity contribution in [1.29, 1.82) is 0 Å². The molecule has 0 atom stereocenters. The van der Waals surface area contributed by atoms with Gasteiger partial charge in [-0.25, -0.2) is 0 Å². The quantitative estimate of drug-likeness (QED) is 0.325. The van der Waals surface area contributed by atoms with Gasteiger partial charge in [-0.3, -0.25) is 9.67 Å². The number of nitrogens with one attached hydrogen (secondary N) is 2. The molecular formula is C21H26IN5. The second kappa shape index (κ2) is 10.7. The zero-order valence-electron chi connectivity index (χ0n) is 15.7. The topological polar surface area (TPSA) is 54.2 Å². The normalized spacial score (nSPS) is 11.0. The molecule has 6 heteroatoms. The van der Waals surface area contributed by atoms with Crippen LogP contribution >= 0.6 is 24.0 Å². The molecule has 0 radical (unpaired) electrons. The van der Waals surface area contributed by atoms with Crippen molar-refractivity contribution in [2.45, 2.75) is 26.6 Å². The van der Waals surface area contributed by atoms with Gasteiger partial charge in [0.15, 0.2) is 5.96 Å². The lowest BCUT2D eigenvalue weighted by Crippen LogP contribution is -2.36. The van der Waals surface area contributed by atoms with Crippen molar-refractivity contribution >= 4 is 29.9 Å². The lowest BCUT2D eigenvalue weighted by molar-refractivity contribution is 0.685. The number of guanidine groups is 1. The van der Waals surface area contributed by atoms with Gasteiger partial charge < -0.3 is 10.6 Å². The first-order valence-corrected chi connectivity index (χ1v) is 8.79. The fourth-order valence-electron chi connectivity index (χ4n) is 2.81. The Morgan fingerprint density at radius 3 is 2.52 bits per heavy atom. The molecule has 0 aliphatic heterocycles. The highest BCUT2D eigenvalue weighted by atomic mass is 127. The SMILES string of the molecule is CN=C(NCc1cccc(Cn2cccn2)c1)NCc1ccccc1C.I. The van der Waals surface area contributed by atoms with Crippen molar-refractivity contribution in [1.82, 2.24) is 20.4 Å². The van der Waals surface area contributed by atoms with E-state index in [9.17, 15) is 0 Å². The minimum absolute atomic E-state index is 0. The van der Waals surface area contributed by atoms with Crippen LogP contribution in [0, 0.1) is 6.92 Å². The second-order valence-electron chi connectivity index (χ2n) is 6.23. The Hall–Kier alpha value is -2.35. The number of nitrogens with zero attached hydrogens (tertiary/aromatic N) is 3. The minimum Gasteiger partial charge on any atom is -0.352 e. The summed E-state index contributed by atoms with van der Waals surface area (Å²) in [5.41, 5.74) is 5.00. The number of aromatic nitrogens is 2. The highest BCUT2D eigenvalue weighted by molar-refractivity contribution is 14.0. The van der Waals surface area contributed by atoms with Gasteiger partial charge in [0, 0.05) is 32.5 Å². The maximum atomic E-state index is 4.31. The summed E-state index contributed by atoms with van der Waals surface area (Å²) < 4.78 is 1.93. The summed E-state index contributed by atoms with van der Waals surface area (Å²) in [5.74, 6) is 0.797. The number of hydrogen-bond acceptors (Lipinski definition) is 2. The number of benzene rings is 2. The van der Waals surface area contributed by atoms with E-state index in [1.54, 1.807) is 13.2 Å². The number of halogens is 1. The van der Waals surface area contributed by atoms with Crippen LogP contribution in [0.3, 0.4) is 0 Å². The Morgan fingerprint density at radius 2 is 1.78 bits per heavy atom. The molecule has 0 aliphatic rings. The average molecular weight is 475 g/mol. The molecule has 0 saturated carbocycles. The molecule has 2 N–H and O–H groups in total. The van der Waals surface area contributed by atoms with E-state index in [0.29, 0.717) is 0 Å². The van der Waals surface area contributed by atoms with Crippen LogP contribution in [-0.2, 0) is 19.6 Å². The van der Waals surface area contributed by atoms with Crippen LogP contribution in [0.1, 0.15) is 22.3 Å². The Kier molecular flexibility index (Phi) is 8.32. The summed E-state index contributed by atoms with van der Waals surface area (Å²) >= 11 is 0. The van der Waals surface area contributed by atoms with E-state index in [0.717, 1.165) is 25.6 Å². The summed E-state index contributed by atoms with van der Waals surface area (Å²) in [4.78, 5) is 4.31. The van der Waals surface area contributed by atoms with Crippen molar-refractivity contribution < 1.29 is 0 Å². The minimum atomic E-state index is 0. The highest BCUT2D eigenvalue weighted by Crippen LogP contribution is 2.08. The molecule has 27 heavy (non-hydrogen) atoms. The third-order valence-corrected chi connectivity index (χ3v) is 4.29. The molecule has 0 bridgehead atoms. The molecule has 3 aromatic rings. The van der Waals surface area contributed by atoms with Crippen LogP contribution in [0.5, 0.6) is 0 Å². The van der Waals surface area contributed by atoms with E-state index in [4.69, 9.17) is 0 Å². The highest BCUT2D eigenvalue weighted by Gasteiger charge is 2.02. The third-order valence-electron chi connectivity index (χ3n) is 4.29. The summed E-state index contributed by atoms with van der Waals surface area (Å²) in [6.07, 6.45) is 3.78. The first-order chi connectivity index (χ1) is 12.7. The van der Waals surface area contributed by atoms with Crippen molar-refractivity contribution in [3.05, 3.63) is 89.2 Å². The Labute approximate surface area is 177 Å². The number of rotatable bonds is 6. The Balaban J connectivity index is 0.00000261. The van der Waals surface area contributed by atoms with Gasteiger partial charge >= 0.3 is 0 Å². The Bertz CT molecular complexity index is 859. The molecule has 1 aromatic heterocycles. The van der Waals surface area contributed by atoms with Crippen LogP contribution in [0.25, 0.3) is 0 Å². The van der Waals surface area contributed by atoms with E-state index in [1.807, 2.05) is 16.9 Å². The molecule has 1 heterocycles. The van der Waals surface area contributed by atoms with E-state index in [-0.39, 0.29) is 24.0 Å². The largest absolute Gasteiger partial charge is 0.352 e. The van der Waals surface area contributed by atoms with E-state index in [2.05, 4.69) is 76.2 Å². The van der Waals surface area contributed by atoms with Crippen LogP contribution in [0.4, 0.5) is 0 Å². The lowest BCUT2D eigenvalue weighted by atomic mass is 10.1. The van der Waals surface area contributed by atoms with Gasteiger partial charge in [0.1, 0.15) is 0 Å². The Morgan fingerprint density at radius 1 is 1.00 bits per heavy atom. The first-order valence-electron chi connectivity index (χ1n) is 8.79. The second-order valence-corrected chi connectivity index (χ2v) is 6.23. The summed E-state index contributed by atoms with van der Waals surface area (Å²) in [5, 5.41) is 11.0. The van der Waals surface area contributed by atoms with Crippen molar-refractivity contribution in [2.24, 2.45) is 4.99 Å². The summed E-state index contributed by atoms with van der Waals surface area (Å²) in [7, 11) is 1.79. The van der Waals surface area contributed by atoms with Gasteiger partial charge in [0.05, 0.1) is 6.54 Å². The molecule has 0 saturated heterocycles. The number of hydrogen-bond donors (Lipinski definition) is 2. The molecule has 0 unspecified atom stereocenters. The zero-order chi connectivity index (χ0) is 18.2. The molecule has 0 amide bonds. The average Bonchev–Trinajstić information content (AvgIpc) is 3.16. The molecule has 142 valence electrons. The van der Waals surface area contributed by atoms with Crippen molar-refractivity contribution in [3.63, 3.8) is 0 Å². The smallest absolute Gasteiger partial charge is 0.191 e. The van der Waals surface area contributed by atoms with Gasteiger partial charge in [0.25, 0.3) is 0 Å². The molecular weight excluding hydrogens is 449 g/mol. The third kappa shape index (κ3) is 6.39. The maximum Gasteiger partial charge on any atom is 0.191 e. The fourth-order valence-corrected chi connectivity index (χ4v) is 2.81. The van der Waals surface area contributed by atoms with Crippen LogP contribution in [-0.4, -0.2) is 22.8 Å². The summed E-state index contributed by atoms with van der Waals surface area (Å²) in [6.45, 7) is 4.38. The zero-order valence-corrected chi connectivity index (χ0v) is 18.1. The fraction of sp³-hybridized carbons (Fsp3) is 0.238. The molecule has 5 nitrogen and oxygen atoms in total. The van der Waals surface area contributed by atoms with Gasteiger partial charge in [-0.15, -0.1) is 24.0 Å². The maximum absolute atomic E-state index is 4.31. The predicted octanol–water partition coefficient (Wildman–Crippen LogP) is 3.72. The van der Waals surface area contributed by atoms with Gasteiger partial charge in [-0.2, -0.15) is 5.10 Å². The molecule has 0 spiro atoms. The van der Waals surface area contributed by atoms with E-state index >= 15 is 0 Å². The van der Waals surface area contributed by atoms with Gasteiger partial charge in [-0.1, -0.05) is 48.5 Å². The van der Waals surface area contributed by atoms with Crippen LogP contribution < -0.4 is 10.6 Å². The van der Waals surface area contributed by atoms with Crippen LogP contribution in [0.2, 0.25) is 0 Å². The first kappa shape index (κ1) is 21.0. The molecule has 3 rings (SSSR count). The van der Waals surface area contributed by atoms with E-state index < -0.39 is 0 Å². The van der Waals surface area contributed by atoms with Crippen LogP contribution in [0.15, 0.2) is 72.0 Å². The standard InChI is InChI=1S/C21H25N5.HI/c1-17-7-3-4-10-20(17)15-24-21(22-2)23-14-18-8-5-9-19(13-18)16-26-12-6-11-25-26;/h3-13H,14-16H2,1-2H3,(H2,22,23,24);1H. The number of aryl methyl sites for hydroxylation is 1. The van der Waals surface area contributed by atoms with Crippen molar-refractivity contribution in [2.75, 3.05) is 7.05 Å². The van der Waals surface area contributed by atoms with E-state index in [1.165, 1.54) is 22.3 Å². The van der Waals surface area contributed by atoms with Gasteiger partial charge in [-0.05, 0) is 35.2 Å². The molecule has 0 aliphatic carbocycles. The number of aliphatic imine (C=N–C) groups is 1. The lowest BCUT2D eigenvalue weighted by Gasteiger charge is -2.13. The predicted molar refractivity (Wildman–Crippen MR) is 121 cm³/mol.